The highest BCUT2D eigenvalue weighted by molar-refractivity contribution is 5.86. The Morgan fingerprint density at radius 1 is 1.32 bits per heavy atom. The first kappa shape index (κ1) is 12.0. The van der Waals surface area contributed by atoms with Crippen molar-refractivity contribution < 1.29 is 23.8 Å². The van der Waals surface area contributed by atoms with E-state index >= 15 is 0 Å². The average molecular weight is 262 g/mol. The van der Waals surface area contributed by atoms with E-state index in [2.05, 4.69) is 0 Å². The Morgan fingerprint density at radius 3 is 2.89 bits per heavy atom. The molecule has 2 heterocycles. The molecule has 2 aliphatic heterocycles. The van der Waals surface area contributed by atoms with Crippen molar-refractivity contribution in [3.8, 4) is 11.5 Å². The minimum Gasteiger partial charge on any atom is -0.461 e. The maximum atomic E-state index is 11.5. The molecule has 0 N–H and O–H groups in total. The van der Waals surface area contributed by atoms with Crippen molar-refractivity contribution in [3.63, 3.8) is 0 Å². The second-order valence-electron chi connectivity index (χ2n) is 4.84. The molecule has 1 aromatic rings. The van der Waals surface area contributed by atoms with Crippen LogP contribution in [0.2, 0.25) is 0 Å². The van der Waals surface area contributed by atoms with Crippen LogP contribution in [0.3, 0.4) is 0 Å². The smallest absolute Gasteiger partial charge is 0.306 e. The minimum atomic E-state index is -0.370. The number of rotatable bonds is 3. The molecule has 5 nitrogen and oxygen atoms in total. The molecule has 2 atom stereocenters. The molecule has 1 aromatic carbocycles. The van der Waals surface area contributed by atoms with Crippen LogP contribution < -0.4 is 9.47 Å². The molecular formula is C14H14O5. The van der Waals surface area contributed by atoms with Gasteiger partial charge in [-0.2, -0.15) is 0 Å². The van der Waals surface area contributed by atoms with Crippen molar-refractivity contribution in [3.05, 3.63) is 23.8 Å². The first-order valence-corrected chi connectivity index (χ1v) is 6.22. The lowest BCUT2D eigenvalue weighted by Crippen LogP contribution is -2.24. The monoisotopic (exact) mass is 262 g/mol. The Labute approximate surface area is 110 Å². The summed E-state index contributed by atoms with van der Waals surface area (Å²) in [6, 6.07) is 5.60. The number of hydrogen-bond acceptors (Lipinski definition) is 5. The van der Waals surface area contributed by atoms with Crippen molar-refractivity contribution in [1.82, 2.24) is 0 Å². The summed E-state index contributed by atoms with van der Waals surface area (Å²) in [5, 5.41) is 0. The fourth-order valence-corrected chi connectivity index (χ4v) is 2.50. The Bertz CT molecular complexity index is 537. The molecule has 0 saturated carbocycles. The quantitative estimate of drug-likeness (QED) is 0.772. The van der Waals surface area contributed by atoms with Crippen molar-refractivity contribution in [2.45, 2.75) is 25.9 Å². The van der Waals surface area contributed by atoms with Crippen molar-refractivity contribution in [1.29, 1.82) is 0 Å². The van der Waals surface area contributed by atoms with Gasteiger partial charge >= 0.3 is 5.97 Å². The van der Waals surface area contributed by atoms with Gasteiger partial charge in [-0.15, -0.1) is 0 Å². The second kappa shape index (κ2) is 4.57. The predicted octanol–water partition coefficient (Wildman–Crippen LogP) is 1.48. The van der Waals surface area contributed by atoms with Crippen molar-refractivity contribution in [2.75, 3.05) is 6.79 Å². The highest BCUT2D eigenvalue weighted by Gasteiger charge is 2.37. The van der Waals surface area contributed by atoms with Gasteiger partial charge in [-0.3, -0.25) is 9.59 Å². The second-order valence-corrected chi connectivity index (χ2v) is 4.84. The predicted molar refractivity (Wildman–Crippen MR) is 64.9 cm³/mol. The number of carbonyl (C=O) groups is 2. The number of ketones is 1. The third kappa shape index (κ3) is 2.28. The number of ether oxygens (including phenoxy) is 3. The van der Waals surface area contributed by atoms with Crippen LogP contribution in [0.25, 0.3) is 0 Å². The summed E-state index contributed by atoms with van der Waals surface area (Å²) in [7, 11) is 0. The fraction of sp³-hybridized carbons (Fsp3) is 0.429. The molecule has 1 fully saturated rings. The lowest BCUT2D eigenvalue weighted by molar-refractivity contribution is -0.141. The maximum Gasteiger partial charge on any atom is 0.306 e. The third-order valence-electron chi connectivity index (χ3n) is 3.51. The Balaban J connectivity index is 1.77. The Hall–Kier alpha value is -2.04. The summed E-state index contributed by atoms with van der Waals surface area (Å²) in [6.07, 6.45) is 0.336. The summed E-state index contributed by atoms with van der Waals surface area (Å²) in [6.45, 7) is 1.73. The highest BCUT2D eigenvalue weighted by Crippen LogP contribution is 2.34. The number of hydrogen-bond donors (Lipinski definition) is 0. The van der Waals surface area contributed by atoms with Gasteiger partial charge in [0.1, 0.15) is 11.9 Å². The largest absolute Gasteiger partial charge is 0.461 e. The van der Waals surface area contributed by atoms with Gasteiger partial charge in [-0.25, -0.2) is 0 Å². The van der Waals surface area contributed by atoms with E-state index in [1.54, 1.807) is 0 Å². The lowest BCUT2D eigenvalue weighted by Gasteiger charge is -2.15. The van der Waals surface area contributed by atoms with E-state index in [9.17, 15) is 9.59 Å². The maximum absolute atomic E-state index is 11.5. The molecule has 3 rings (SSSR count). The highest BCUT2D eigenvalue weighted by atomic mass is 16.7. The summed E-state index contributed by atoms with van der Waals surface area (Å²) < 4.78 is 15.8. The van der Waals surface area contributed by atoms with Gasteiger partial charge in [0.2, 0.25) is 6.79 Å². The van der Waals surface area contributed by atoms with E-state index < -0.39 is 0 Å². The van der Waals surface area contributed by atoms with Gasteiger partial charge in [-0.1, -0.05) is 6.07 Å². The molecule has 0 aliphatic carbocycles. The molecule has 19 heavy (non-hydrogen) atoms. The van der Waals surface area contributed by atoms with Crippen LogP contribution in [0.5, 0.6) is 11.5 Å². The zero-order valence-electron chi connectivity index (χ0n) is 10.5. The number of benzene rings is 1. The summed E-state index contributed by atoms with van der Waals surface area (Å²) in [5.74, 6) is 0.775. The van der Waals surface area contributed by atoms with Crippen LogP contribution >= 0.6 is 0 Å². The molecule has 0 unspecified atom stereocenters. The van der Waals surface area contributed by atoms with E-state index in [-0.39, 0.29) is 37.0 Å². The first-order valence-electron chi connectivity index (χ1n) is 6.22. The van der Waals surface area contributed by atoms with Crippen LogP contribution in [-0.2, 0) is 20.7 Å². The number of cyclic esters (lactones) is 1. The third-order valence-corrected chi connectivity index (χ3v) is 3.51. The molecule has 0 spiro atoms. The molecule has 100 valence electrons. The number of fused-ring (bicyclic) bond motifs is 1. The summed E-state index contributed by atoms with van der Waals surface area (Å²) in [5.41, 5.74) is 0.968. The van der Waals surface area contributed by atoms with E-state index in [4.69, 9.17) is 14.2 Å². The van der Waals surface area contributed by atoms with Crippen molar-refractivity contribution in [2.24, 2.45) is 5.92 Å². The van der Waals surface area contributed by atoms with Crippen LogP contribution in [0.1, 0.15) is 18.9 Å². The zero-order chi connectivity index (χ0) is 13.4. The number of Topliss-reactive ketones (excluding diaryl/α,β-unsaturated/α-hetero) is 1. The number of carbonyl (C=O) groups excluding carboxylic acids is 2. The Morgan fingerprint density at radius 2 is 2.11 bits per heavy atom. The van der Waals surface area contributed by atoms with E-state index in [1.165, 1.54) is 6.92 Å². The van der Waals surface area contributed by atoms with Gasteiger partial charge in [0.25, 0.3) is 0 Å². The molecule has 2 aliphatic rings. The van der Waals surface area contributed by atoms with Crippen LogP contribution in [-0.4, -0.2) is 24.6 Å². The molecule has 1 saturated heterocycles. The van der Waals surface area contributed by atoms with Gasteiger partial charge in [-0.05, 0) is 24.6 Å². The fourth-order valence-electron chi connectivity index (χ4n) is 2.50. The lowest BCUT2D eigenvalue weighted by atomic mass is 9.92. The van der Waals surface area contributed by atoms with E-state index in [0.29, 0.717) is 12.2 Å². The molecule has 0 aromatic heterocycles. The molecule has 0 radical (unpaired) electrons. The molecule has 0 amide bonds. The topological polar surface area (TPSA) is 61.8 Å². The zero-order valence-corrected chi connectivity index (χ0v) is 10.5. The normalized spacial score (nSPS) is 24.4. The summed E-state index contributed by atoms with van der Waals surface area (Å²) >= 11 is 0. The van der Waals surface area contributed by atoms with E-state index in [1.807, 2.05) is 18.2 Å². The van der Waals surface area contributed by atoms with Gasteiger partial charge < -0.3 is 14.2 Å². The molecule has 5 heteroatoms. The van der Waals surface area contributed by atoms with E-state index in [0.717, 1.165) is 11.3 Å². The minimum absolute atomic E-state index is 0.00315. The SMILES string of the molecule is CC(=O)[C@H]1CC(=O)O[C@@H]1Cc1ccc2c(c1)OCO2. The average Bonchev–Trinajstić information content (AvgIpc) is 2.95. The van der Waals surface area contributed by atoms with Gasteiger partial charge in [0, 0.05) is 6.42 Å². The Kier molecular flexibility index (Phi) is 2.89. The standard InChI is InChI=1S/C14H14O5/c1-8(15)10-6-14(16)19-12(10)4-9-2-3-11-13(5-9)18-7-17-11/h2-3,5,10,12H,4,6-7H2,1H3/t10-,12-/m1/s1. The van der Waals surface area contributed by atoms with Crippen LogP contribution in [0, 0.1) is 5.92 Å². The first-order chi connectivity index (χ1) is 9.13. The van der Waals surface area contributed by atoms with Crippen molar-refractivity contribution >= 4 is 11.8 Å². The number of esters is 1. The molecule has 0 bridgehead atoms. The van der Waals surface area contributed by atoms with Crippen LogP contribution in [0.4, 0.5) is 0 Å². The van der Waals surface area contributed by atoms with Gasteiger partial charge in [0.15, 0.2) is 11.5 Å². The summed E-state index contributed by atoms with van der Waals surface area (Å²) in [4.78, 5) is 22.8. The van der Waals surface area contributed by atoms with Gasteiger partial charge in [0.05, 0.1) is 12.3 Å². The van der Waals surface area contributed by atoms with Crippen LogP contribution in [0.15, 0.2) is 18.2 Å². The molecular weight excluding hydrogens is 248 g/mol.